The van der Waals surface area contributed by atoms with Crippen molar-refractivity contribution in [3.05, 3.63) is 84.0 Å². The summed E-state index contributed by atoms with van der Waals surface area (Å²) in [4.78, 5) is 46.4. The van der Waals surface area contributed by atoms with Gasteiger partial charge in [-0.1, -0.05) is 72.0 Å². The van der Waals surface area contributed by atoms with Crippen molar-refractivity contribution in [2.45, 2.75) is 99.2 Å². The fraction of sp³-hybridized carbons (Fsp3) is 0.512. The Balaban J connectivity index is 0.000000196. The highest BCUT2D eigenvalue weighted by atomic mass is 35.5. The van der Waals surface area contributed by atoms with Crippen molar-refractivity contribution >= 4 is 34.8 Å². The first-order chi connectivity index (χ1) is 23.3. The average molecular weight is 707 g/mol. The molecule has 9 heteroatoms. The van der Waals surface area contributed by atoms with E-state index in [0.717, 1.165) is 25.7 Å². The zero-order valence-electron chi connectivity index (χ0n) is 30.3. The number of benzene rings is 2. The molecule has 2 aromatic carbocycles. The first-order valence-corrected chi connectivity index (χ1v) is 17.7. The summed E-state index contributed by atoms with van der Waals surface area (Å²) in [7, 11) is 0. The fourth-order valence-electron chi connectivity index (χ4n) is 8.35. The largest absolute Gasteiger partial charge is 0.507 e. The third-order valence-electron chi connectivity index (χ3n) is 12.1. The second-order valence-corrected chi connectivity index (χ2v) is 16.0. The van der Waals surface area contributed by atoms with Crippen molar-refractivity contribution in [3.8, 4) is 11.5 Å². The van der Waals surface area contributed by atoms with Gasteiger partial charge in [-0.15, -0.1) is 0 Å². The molecule has 4 aliphatic carbocycles. The van der Waals surface area contributed by atoms with Crippen molar-refractivity contribution < 1.29 is 38.5 Å². The highest BCUT2D eigenvalue weighted by Crippen LogP contribution is 2.66. The lowest BCUT2D eigenvalue weighted by Gasteiger charge is -2.38. The zero-order chi connectivity index (χ0) is 37.2. The van der Waals surface area contributed by atoms with Gasteiger partial charge in [-0.2, -0.15) is 0 Å². The highest BCUT2D eigenvalue weighted by Gasteiger charge is 2.63. The Morgan fingerprint density at radius 3 is 1.84 bits per heavy atom. The average Bonchev–Trinajstić information content (AvgIpc) is 3.62. The Morgan fingerprint density at radius 1 is 0.780 bits per heavy atom. The Hall–Kier alpha value is -3.91. The monoisotopic (exact) mass is 706 g/mol. The zero-order valence-corrected chi connectivity index (χ0v) is 31.1. The van der Waals surface area contributed by atoms with Crippen LogP contribution in [0.5, 0.6) is 11.5 Å². The molecule has 6 atom stereocenters. The third kappa shape index (κ3) is 7.85. The SMILES string of the molecule is C=C(C)C(=O)Cl.C=C(C)C(=O)Oc1ccccc1C(=O)OC1CC2CCC1C2(C)C.CC1(C)C2CCC1(C)C(OC(=O)c1ccccc1O)C2. The smallest absolute Gasteiger partial charge is 0.342 e. The van der Waals surface area contributed by atoms with Crippen LogP contribution in [0.4, 0.5) is 0 Å². The van der Waals surface area contributed by atoms with Crippen LogP contribution in [0, 0.1) is 34.0 Å². The van der Waals surface area contributed by atoms with E-state index in [0.29, 0.717) is 23.3 Å². The Morgan fingerprint density at radius 2 is 1.36 bits per heavy atom. The van der Waals surface area contributed by atoms with E-state index in [-0.39, 0.29) is 56.7 Å². The minimum atomic E-state index is -0.545. The lowest BCUT2D eigenvalue weighted by Crippen LogP contribution is -2.38. The minimum absolute atomic E-state index is 0.00919. The van der Waals surface area contributed by atoms with Crippen LogP contribution in [-0.4, -0.2) is 40.5 Å². The predicted molar refractivity (Wildman–Crippen MR) is 193 cm³/mol. The second kappa shape index (κ2) is 15.1. The number of para-hydroxylation sites is 2. The molecule has 1 N–H and O–H groups in total. The Kier molecular flexibility index (Phi) is 11.8. The lowest BCUT2D eigenvalue weighted by molar-refractivity contribution is -0.130. The summed E-state index contributed by atoms with van der Waals surface area (Å²) in [6.07, 6.45) is 6.47. The number of allylic oxidation sites excluding steroid dienone is 1. The number of carbonyl (C=O) groups excluding carboxylic acids is 4. The summed E-state index contributed by atoms with van der Waals surface area (Å²) >= 11 is 4.87. The normalized spacial score (nSPS) is 27.5. The number of esters is 3. The van der Waals surface area contributed by atoms with Gasteiger partial charge in [0.05, 0.1) is 0 Å². The molecule has 4 saturated carbocycles. The summed E-state index contributed by atoms with van der Waals surface area (Å²) in [5.74, 6) is 0.508. The maximum Gasteiger partial charge on any atom is 0.342 e. The van der Waals surface area contributed by atoms with Gasteiger partial charge in [0, 0.05) is 22.5 Å². The third-order valence-corrected chi connectivity index (χ3v) is 12.5. The maximum atomic E-state index is 12.6. The van der Waals surface area contributed by atoms with Gasteiger partial charge in [-0.25, -0.2) is 14.4 Å². The van der Waals surface area contributed by atoms with Crippen LogP contribution in [0.15, 0.2) is 72.8 Å². The van der Waals surface area contributed by atoms with Gasteiger partial charge >= 0.3 is 17.9 Å². The number of hydrogen-bond acceptors (Lipinski definition) is 8. The number of fused-ring (bicyclic) bond motifs is 4. The van der Waals surface area contributed by atoms with Crippen LogP contribution < -0.4 is 4.74 Å². The lowest BCUT2D eigenvalue weighted by atomic mass is 9.70. The van der Waals surface area contributed by atoms with E-state index >= 15 is 0 Å². The van der Waals surface area contributed by atoms with Crippen molar-refractivity contribution in [2.24, 2.45) is 34.0 Å². The van der Waals surface area contributed by atoms with Crippen LogP contribution in [0.25, 0.3) is 0 Å². The number of ether oxygens (including phenoxy) is 3. The van der Waals surface area contributed by atoms with Gasteiger partial charge < -0.3 is 19.3 Å². The number of halogens is 1. The van der Waals surface area contributed by atoms with Crippen LogP contribution in [0.3, 0.4) is 0 Å². The van der Waals surface area contributed by atoms with Crippen LogP contribution in [0.1, 0.15) is 108 Å². The van der Waals surface area contributed by atoms with Gasteiger partial charge in [0.25, 0.3) is 0 Å². The molecular formula is C41H51ClO8. The first kappa shape index (κ1) is 38.9. The molecule has 50 heavy (non-hydrogen) atoms. The summed E-state index contributed by atoms with van der Waals surface area (Å²) in [6, 6.07) is 13.3. The van der Waals surface area contributed by atoms with E-state index in [1.54, 1.807) is 56.3 Å². The molecule has 6 unspecified atom stereocenters. The summed E-state index contributed by atoms with van der Waals surface area (Å²) in [6.45, 7) is 21.3. The molecule has 4 bridgehead atoms. The van der Waals surface area contributed by atoms with Gasteiger partial charge in [0.15, 0.2) is 0 Å². The van der Waals surface area contributed by atoms with E-state index in [1.165, 1.54) is 18.9 Å². The van der Waals surface area contributed by atoms with Crippen molar-refractivity contribution in [2.75, 3.05) is 0 Å². The molecule has 0 spiro atoms. The fourth-order valence-corrected chi connectivity index (χ4v) is 8.35. The maximum absolute atomic E-state index is 12.6. The molecule has 8 nitrogen and oxygen atoms in total. The van der Waals surface area contributed by atoms with Gasteiger partial charge in [-0.05, 0) is 111 Å². The molecule has 2 aromatic rings. The molecule has 4 aliphatic rings. The second-order valence-electron chi connectivity index (χ2n) is 15.6. The number of aromatic hydroxyl groups is 1. The van der Waals surface area contributed by atoms with E-state index in [2.05, 4.69) is 47.8 Å². The van der Waals surface area contributed by atoms with E-state index in [9.17, 15) is 24.3 Å². The van der Waals surface area contributed by atoms with E-state index in [1.807, 2.05) is 0 Å². The van der Waals surface area contributed by atoms with Crippen LogP contribution >= 0.6 is 11.6 Å². The topological polar surface area (TPSA) is 116 Å². The molecule has 0 heterocycles. The molecule has 0 aliphatic heterocycles. The Bertz CT molecular complexity index is 1650. The van der Waals surface area contributed by atoms with Crippen molar-refractivity contribution in [3.63, 3.8) is 0 Å². The summed E-state index contributed by atoms with van der Waals surface area (Å²) in [5, 5.41) is 9.29. The molecule has 0 saturated heterocycles. The number of carbonyl (C=O) groups is 4. The quantitative estimate of drug-likeness (QED) is 0.131. The van der Waals surface area contributed by atoms with Crippen molar-refractivity contribution in [1.29, 1.82) is 0 Å². The number of phenolic OH excluding ortho intramolecular Hbond substituents is 1. The molecule has 4 fully saturated rings. The number of hydrogen-bond donors (Lipinski definition) is 1. The number of phenols is 1. The summed E-state index contributed by atoms with van der Waals surface area (Å²) in [5.41, 5.74) is 1.72. The molecular weight excluding hydrogens is 656 g/mol. The molecule has 270 valence electrons. The molecule has 0 aromatic heterocycles. The van der Waals surface area contributed by atoms with E-state index < -0.39 is 23.2 Å². The van der Waals surface area contributed by atoms with Crippen LogP contribution in [-0.2, 0) is 19.1 Å². The summed E-state index contributed by atoms with van der Waals surface area (Å²) < 4.78 is 16.8. The molecule has 6 rings (SSSR count). The Labute approximate surface area is 301 Å². The standard InChI is InChI=1S/C20H24O4.C17H22O3.C4H5ClO/c1-12(2)18(21)23-16-8-6-5-7-14(16)19(22)24-17-11-13-9-10-15(17)20(13,3)4;1-16(2)11-8-9-17(16,3)14(10-11)20-15(19)12-6-4-5-7-13(12)18;1-3(2)4(5)6/h5-8,13,15,17H,1,9-11H2,2-4H3;4-7,11,14,18H,8-10H2,1-3H3;1H2,2H3. The number of rotatable bonds is 7. The van der Waals surface area contributed by atoms with Gasteiger partial charge in [0.1, 0.15) is 34.8 Å². The van der Waals surface area contributed by atoms with Gasteiger partial charge in [0.2, 0.25) is 5.24 Å². The minimum Gasteiger partial charge on any atom is -0.507 e. The molecule has 0 radical (unpaired) electrons. The van der Waals surface area contributed by atoms with Gasteiger partial charge in [-0.3, -0.25) is 4.79 Å². The predicted octanol–water partition coefficient (Wildman–Crippen LogP) is 9.24. The van der Waals surface area contributed by atoms with Crippen molar-refractivity contribution in [1.82, 2.24) is 0 Å². The van der Waals surface area contributed by atoms with Crippen LogP contribution in [0.2, 0.25) is 0 Å². The first-order valence-electron chi connectivity index (χ1n) is 17.3. The van der Waals surface area contributed by atoms with E-state index in [4.69, 9.17) is 25.8 Å². The molecule has 0 amide bonds. The highest BCUT2D eigenvalue weighted by molar-refractivity contribution is 6.67.